The molecule has 0 spiro atoms. The van der Waals surface area contributed by atoms with Gasteiger partial charge in [0.2, 0.25) is 15.9 Å². The lowest BCUT2D eigenvalue weighted by Crippen LogP contribution is -2.30. The molecule has 28 heavy (non-hydrogen) atoms. The van der Waals surface area contributed by atoms with Crippen LogP contribution in [0.15, 0.2) is 51.8 Å². The molecule has 0 amide bonds. The van der Waals surface area contributed by atoms with Crippen LogP contribution in [-0.2, 0) is 10.0 Å². The van der Waals surface area contributed by atoms with E-state index in [4.69, 9.17) is 20.8 Å². The first-order valence-corrected chi connectivity index (χ1v) is 10.5. The Morgan fingerprint density at radius 3 is 2.32 bits per heavy atom. The number of hydrogen-bond acceptors (Lipinski definition) is 6. The topological polar surface area (TPSA) is 85.5 Å². The molecule has 0 aliphatic heterocycles. The molecule has 0 saturated heterocycles. The van der Waals surface area contributed by atoms with Gasteiger partial charge in [-0.2, -0.15) is 4.31 Å². The lowest BCUT2D eigenvalue weighted by Gasteiger charge is -2.18. The fourth-order valence-corrected chi connectivity index (χ4v) is 4.49. The van der Waals surface area contributed by atoms with Gasteiger partial charge in [-0.25, -0.2) is 8.42 Å². The third kappa shape index (κ3) is 3.76. The molecule has 0 radical (unpaired) electrons. The minimum atomic E-state index is -3.64. The van der Waals surface area contributed by atoms with Gasteiger partial charge < -0.3 is 9.15 Å². The van der Waals surface area contributed by atoms with Crippen LogP contribution in [0.3, 0.4) is 0 Å². The lowest BCUT2D eigenvalue weighted by molar-refractivity contribution is 0.414. The van der Waals surface area contributed by atoms with Gasteiger partial charge >= 0.3 is 0 Å². The molecule has 0 unspecified atom stereocenters. The van der Waals surface area contributed by atoms with Crippen molar-refractivity contribution < 1.29 is 17.6 Å². The first-order valence-electron chi connectivity index (χ1n) is 8.69. The Hall–Kier alpha value is -2.42. The third-order valence-electron chi connectivity index (χ3n) is 4.27. The van der Waals surface area contributed by atoms with E-state index in [0.29, 0.717) is 35.0 Å². The second-order valence-corrected chi connectivity index (χ2v) is 8.19. The second kappa shape index (κ2) is 8.30. The largest absolute Gasteiger partial charge is 0.496 e. The second-order valence-electron chi connectivity index (χ2n) is 5.84. The molecule has 3 aromatic rings. The summed E-state index contributed by atoms with van der Waals surface area (Å²) in [7, 11) is -2.09. The Bertz CT molecular complexity index is 1080. The highest BCUT2D eigenvalue weighted by Gasteiger charge is 2.24. The van der Waals surface area contributed by atoms with Gasteiger partial charge in [0.1, 0.15) is 5.75 Å². The molecule has 0 aliphatic carbocycles. The fraction of sp³-hybridized carbons (Fsp3) is 0.263. The van der Waals surface area contributed by atoms with Crippen LogP contribution in [0, 0.1) is 0 Å². The van der Waals surface area contributed by atoms with Crippen LogP contribution in [0.2, 0.25) is 5.02 Å². The normalized spacial score (nSPS) is 11.8. The van der Waals surface area contributed by atoms with Crippen LogP contribution >= 0.6 is 11.6 Å². The number of nitrogens with zero attached hydrogens (tertiary/aromatic N) is 3. The SMILES string of the molecule is CCN(CC)S(=O)(=O)c1ccc(Cl)c(-c2nnc(-c3ccccc3OC)o2)c1. The Kier molecular flexibility index (Phi) is 6.02. The summed E-state index contributed by atoms with van der Waals surface area (Å²) in [5.74, 6) is 0.963. The molecule has 3 rings (SSSR count). The third-order valence-corrected chi connectivity index (χ3v) is 6.65. The van der Waals surface area contributed by atoms with Gasteiger partial charge in [-0.3, -0.25) is 0 Å². The predicted molar refractivity (Wildman–Crippen MR) is 107 cm³/mol. The van der Waals surface area contributed by atoms with Gasteiger partial charge in [0.05, 0.1) is 28.2 Å². The van der Waals surface area contributed by atoms with E-state index in [-0.39, 0.29) is 16.7 Å². The van der Waals surface area contributed by atoms with Gasteiger partial charge in [-0.1, -0.05) is 37.6 Å². The number of rotatable bonds is 7. The molecule has 0 aliphatic rings. The lowest BCUT2D eigenvalue weighted by atomic mass is 10.2. The van der Waals surface area contributed by atoms with Crippen molar-refractivity contribution in [3.63, 3.8) is 0 Å². The van der Waals surface area contributed by atoms with Crippen LogP contribution in [0.25, 0.3) is 22.9 Å². The van der Waals surface area contributed by atoms with Crippen molar-refractivity contribution >= 4 is 21.6 Å². The number of benzene rings is 2. The maximum atomic E-state index is 12.8. The zero-order valence-corrected chi connectivity index (χ0v) is 17.3. The standard InChI is InChI=1S/C19H20ClN3O4S/c1-4-23(5-2)28(24,25)13-10-11-16(20)15(12-13)19-22-21-18(27-19)14-8-6-7-9-17(14)26-3/h6-12H,4-5H2,1-3H3. The number of hydrogen-bond donors (Lipinski definition) is 0. The van der Waals surface area contributed by atoms with E-state index in [0.717, 1.165) is 0 Å². The van der Waals surface area contributed by atoms with E-state index in [2.05, 4.69) is 10.2 Å². The highest BCUT2D eigenvalue weighted by atomic mass is 35.5. The van der Waals surface area contributed by atoms with Crippen LogP contribution < -0.4 is 4.74 Å². The first kappa shape index (κ1) is 20.3. The quantitative estimate of drug-likeness (QED) is 0.571. The minimum Gasteiger partial charge on any atom is -0.496 e. The molecule has 0 N–H and O–H groups in total. The van der Waals surface area contributed by atoms with Crippen LogP contribution in [0.4, 0.5) is 0 Å². The summed E-state index contributed by atoms with van der Waals surface area (Å²) in [5.41, 5.74) is 0.982. The van der Waals surface area contributed by atoms with Gasteiger partial charge in [0.25, 0.3) is 5.89 Å². The minimum absolute atomic E-state index is 0.118. The summed E-state index contributed by atoms with van der Waals surface area (Å²) in [6.07, 6.45) is 0. The van der Waals surface area contributed by atoms with Gasteiger partial charge in [0.15, 0.2) is 0 Å². The Morgan fingerprint density at radius 1 is 1.04 bits per heavy atom. The fourth-order valence-electron chi connectivity index (χ4n) is 2.80. The molecular weight excluding hydrogens is 402 g/mol. The molecule has 0 atom stereocenters. The molecule has 0 fully saturated rings. The molecule has 0 saturated carbocycles. The van der Waals surface area contributed by atoms with Crippen molar-refractivity contribution in [3.8, 4) is 28.7 Å². The Balaban J connectivity index is 2.05. The molecule has 9 heteroatoms. The van der Waals surface area contributed by atoms with Gasteiger partial charge in [-0.15, -0.1) is 10.2 Å². The number of para-hydroxylation sites is 1. The summed E-state index contributed by atoms with van der Waals surface area (Å²) in [6, 6.07) is 11.7. The zero-order chi connectivity index (χ0) is 20.3. The number of methoxy groups -OCH3 is 1. The van der Waals surface area contributed by atoms with E-state index in [1.165, 1.54) is 22.5 Å². The van der Waals surface area contributed by atoms with Crippen molar-refractivity contribution in [2.75, 3.05) is 20.2 Å². The highest BCUT2D eigenvalue weighted by molar-refractivity contribution is 7.89. The monoisotopic (exact) mass is 421 g/mol. The zero-order valence-electron chi connectivity index (χ0n) is 15.7. The van der Waals surface area contributed by atoms with E-state index in [1.807, 2.05) is 12.1 Å². The maximum absolute atomic E-state index is 12.8. The summed E-state index contributed by atoms with van der Waals surface area (Å²) >= 11 is 6.28. The van der Waals surface area contributed by atoms with Crippen LogP contribution in [0.5, 0.6) is 5.75 Å². The van der Waals surface area contributed by atoms with Crippen molar-refractivity contribution in [2.24, 2.45) is 0 Å². The average molecular weight is 422 g/mol. The number of aromatic nitrogens is 2. The molecule has 7 nitrogen and oxygen atoms in total. The van der Waals surface area contributed by atoms with Crippen molar-refractivity contribution in [1.82, 2.24) is 14.5 Å². The van der Waals surface area contributed by atoms with Crippen LogP contribution in [0.1, 0.15) is 13.8 Å². The Labute approximate surface area is 169 Å². The average Bonchev–Trinajstić information content (AvgIpc) is 3.18. The van der Waals surface area contributed by atoms with Crippen molar-refractivity contribution in [3.05, 3.63) is 47.5 Å². The first-order chi connectivity index (χ1) is 13.4. The Morgan fingerprint density at radius 2 is 1.68 bits per heavy atom. The number of sulfonamides is 1. The molecule has 0 bridgehead atoms. The van der Waals surface area contributed by atoms with Gasteiger partial charge in [-0.05, 0) is 30.3 Å². The molecule has 148 valence electrons. The predicted octanol–water partition coefficient (Wildman–Crippen LogP) is 4.10. The summed E-state index contributed by atoms with van der Waals surface area (Å²) in [5, 5.41) is 8.41. The van der Waals surface area contributed by atoms with Crippen LogP contribution in [-0.4, -0.2) is 43.1 Å². The number of halogens is 1. The van der Waals surface area contributed by atoms with E-state index >= 15 is 0 Å². The van der Waals surface area contributed by atoms with Crippen molar-refractivity contribution in [1.29, 1.82) is 0 Å². The van der Waals surface area contributed by atoms with E-state index < -0.39 is 10.0 Å². The summed E-state index contributed by atoms with van der Waals surface area (Å²) in [4.78, 5) is 0.118. The summed E-state index contributed by atoms with van der Waals surface area (Å²) in [6.45, 7) is 4.31. The number of ether oxygens (including phenoxy) is 1. The summed E-state index contributed by atoms with van der Waals surface area (Å²) < 4.78 is 38.0. The molecular formula is C19H20ClN3O4S. The van der Waals surface area contributed by atoms with E-state index in [9.17, 15) is 8.42 Å². The van der Waals surface area contributed by atoms with Gasteiger partial charge in [0, 0.05) is 13.1 Å². The maximum Gasteiger partial charge on any atom is 0.251 e. The smallest absolute Gasteiger partial charge is 0.251 e. The molecule has 1 aromatic heterocycles. The molecule has 1 heterocycles. The van der Waals surface area contributed by atoms with Crippen molar-refractivity contribution in [2.45, 2.75) is 18.7 Å². The van der Waals surface area contributed by atoms with E-state index in [1.54, 1.807) is 33.1 Å². The molecule has 2 aromatic carbocycles. The highest BCUT2D eigenvalue weighted by Crippen LogP contribution is 2.34.